The van der Waals surface area contributed by atoms with Crippen molar-refractivity contribution in [1.82, 2.24) is 0 Å². The lowest BCUT2D eigenvalue weighted by molar-refractivity contribution is 0.560. The van der Waals surface area contributed by atoms with Crippen LogP contribution < -0.4 is 10.6 Å². The van der Waals surface area contributed by atoms with E-state index in [1.54, 1.807) is 11.9 Å². The van der Waals surface area contributed by atoms with Crippen molar-refractivity contribution in [2.45, 2.75) is 18.9 Å². The molecule has 0 radical (unpaired) electrons. The van der Waals surface area contributed by atoms with Crippen molar-refractivity contribution in [2.24, 2.45) is 5.73 Å². The maximum absolute atomic E-state index is 14.0. The summed E-state index contributed by atoms with van der Waals surface area (Å²) in [6, 6.07) is 3.01. The molecule has 18 heavy (non-hydrogen) atoms. The van der Waals surface area contributed by atoms with Gasteiger partial charge in [-0.1, -0.05) is 0 Å². The van der Waals surface area contributed by atoms with Crippen molar-refractivity contribution in [3.05, 3.63) is 29.3 Å². The summed E-state index contributed by atoms with van der Waals surface area (Å²) >= 11 is 1.83. The maximum atomic E-state index is 14.0. The molecule has 1 fully saturated rings. The first kappa shape index (κ1) is 13.6. The van der Waals surface area contributed by atoms with Gasteiger partial charge in [0.05, 0.1) is 0 Å². The Kier molecular flexibility index (Phi) is 4.45. The Morgan fingerprint density at radius 1 is 1.39 bits per heavy atom. The summed E-state index contributed by atoms with van der Waals surface area (Å²) in [5.74, 6) is 1.01. The van der Waals surface area contributed by atoms with Crippen molar-refractivity contribution in [2.75, 3.05) is 30.0 Å². The molecule has 100 valence electrons. The first-order chi connectivity index (χ1) is 8.63. The van der Waals surface area contributed by atoms with Crippen LogP contribution in [-0.4, -0.2) is 31.1 Å². The highest BCUT2D eigenvalue weighted by Crippen LogP contribution is 2.30. The summed E-state index contributed by atoms with van der Waals surface area (Å²) in [5.41, 5.74) is 6.10. The van der Waals surface area contributed by atoms with Gasteiger partial charge in [0.15, 0.2) is 0 Å². The molecule has 1 aliphatic heterocycles. The molecule has 1 heterocycles. The summed E-state index contributed by atoms with van der Waals surface area (Å²) in [6.07, 6.45) is 1.47. The van der Waals surface area contributed by atoms with E-state index < -0.39 is 11.6 Å². The maximum Gasteiger partial charge on any atom is 0.149 e. The van der Waals surface area contributed by atoms with Crippen molar-refractivity contribution >= 4 is 17.4 Å². The molecule has 0 amide bonds. The average molecular weight is 272 g/mol. The fourth-order valence-electron chi connectivity index (χ4n) is 2.28. The number of hydrogen-bond acceptors (Lipinski definition) is 3. The highest BCUT2D eigenvalue weighted by Gasteiger charge is 2.25. The summed E-state index contributed by atoms with van der Waals surface area (Å²) in [4.78, 5) is 1.73. The second-order valence-electron chi connectivity index (χ2n) is 4.58. The monoisotopic (exact) mass is 272 g/mol. The zero-order chi connectivity index (χ0) is 13.1. The molecule has 1 saturated heterocycles. The van der Waals surface area contributed by atoms with Gasteiger partial charge in [-0.15, -0.1) is 0 Å². The molecule has 2 N–H and O–H groups in total. The van der Waals surface area contributed by atoms with E-state index >= 15 is 0 Å². The Morgan fingerprint density at radius 3 is 2.56 bits per heavy atom. The molecule has 0 bridgehead atoms. The number of benzene rings is 1. The minimum Gasteiger partial charge on any atom is -0.366 e. The number of nitrogens with zero attached hydrogens (tertiary/aromatic N) is 1. The van der Waals surface area contributed by atoms with Crippen molar-refractivity contribution < 1.29 is 8.78 Å². The normalized spacial score (nSPS) is 19.2. The van der Waals surface area contributed by atoms with Gasteiger partial charge in [-0.25, -0.2) is 8.78 Å². The molecule has 5 heteroatoms. The smallest absolute Gasteiger partial charge is 0.149 e. The lowest BCUT2D eigenvalue weighted by atomic mass is 10.1. The van der Waals surface area contributed by atoms with Crippen LogP contribution in [0.25, 0.3) is 0 Å². The van der Waals surface area contributed by atoms with Gasteiger partial charge in [-0.3, -0.25) is 0 Å². The summed E-state index contributed by atoms with van der Waals surface area (Å²) < 4.78 is 28.0. The number of nitrogens with two attached hydrogens (primary N) is 1. The lowest BCUT2D eigenvalue weighted by Gasteiger charge is -2.27. The third kappa shape index (κ3) is 2.78. The van der Waals surface area contributed by atoms with E-state index in [0.29, 0.717) is 18.5 Å². The molecule has 1 atom stereocenters. The van der Waals surface area contributed by atoms with E-state index in [-0.39, 0.29) is 11.7 Å². The fraction of sp³-hybridized carbons (Fsp3) is 0.538. The Bertz CT molecular complexity index is 396. The lowest BCUT2D eigenvalue weighted by Crippen LogP contribution is -2.32. The highest BCUT2D eigenvalue weighted by atomic mass is 32.2. The summed E-state index contributed by atoms with van der Waals surface area (Å²) in [5, 5.41) is 0. The van der Waals surface area contributed by atoms with E-state index in [1.807, 2.05) is 11.8 Å². The summed E-state index contributed by atoms with van der Waals surface area (Å²) in [6.45, 7) is 0.396. The van der Waals surface area contributed by atoms with Gasteiger partial charge in [0.2, 0.25) is 0 Å². The SMILES string of the molecule is CN(c1c(F)cc(CCN)cc1F)C1CCSC1. The first-order valence-electron chi connectivity index (χ1n) is 6.12. The van der Waals surface area contributed by atoms with Gasteiger partial charge in [0.1, 0.15) is 17.3 Å². The molecule has 1 unspecified atom stereocenters. The number of hydrogen-bond donors (Lipinski definition) is 1. The van der Waals surface area contributed by atoms with Gasteiger partial charge in [0.25, 0.3) is 0 Å². The van der Waals surface area contributed by atoms with E-state index in [1.165, 1.54) is 12.1 Å². The second-order valence-corrected chi connectivity index (χ2v) is 5.72. The van der Waals surface area contributed by atoms with Crippen LogP contribution in [0.5, 0.6) is 0 Å². The molecule has 1 aromatic rings. The minimum atomic E-state index is -0.488. The molecular formula is C13H18F2N2S. The van der Waals surface area contributed by atoms with E-state index in [9.17, 15) is 8.78 Å². The second kappa shape index (κ2) is 5.89. The molecule has 1 aliphatic rings. The molecule has 0 spiro atoms. The molecule has 2 nitrogen and oxygen atoms in total. The average Bonchev–Trinajstić information content (AvgIpc) is 2.81. The zero-order valence-electron chi connectivity index (χ0n) is 10.5. The topological polar surface area (TPSA) is 29.3 Å². The van der Waals surface area contributed by atoms with Gasteiger partial charge < -0.3 is 10.6 Å². The van der Waals surface area contributed by atoms with Crippen LogP contribution in [0, 0.1) is 11.6 Å². The Balaban J connectivity index is 2.26. The van der Waals surface area contributed by atoms with Crippen LogP contribution in [0.2, 0.25) is 0 Å². The van der Waals surface area contributed by atoms with Crippen LogP contribution >= 0.6 is 11.8 Å². The standard InChI is InChI=1S/C13H18F2N2S/c1-17(10-3-5-18-8-10)13-11(14)6-9(2-4-16)7-12(13)15/h6-7,10H,2-5,8,16H2,1H3. The van der Waals surface area contributed by atoms with Gasteiger partial charge in [-0.05, 0) is 42.8 Å². The predicted molar refractivity (Wildman–Crippen MR) is 73.2 cm³/mol. The highest BCUT2D eigenvalue weighted by molar-refractivity contribution is 7.99. The van der Waals surface area contributed by atoms with Crippen LogP contribution in [0.1, 0.15) is 12.0 Å². The number of rotatable bonds is 4. The van der Waals surface area contributed by atoms with Crippen molar-refractivity contribution in [3.8, 4) is 0 Å². The van der Waals surface area contributed by atoms with Crippen molar-refractivity contribution in [1.29, 1.82) is 0 Å². The zero-order valence-corrected chi connectivity index (χ0v) is 11.3. The quantitative estimate of drug-likeness (QED) is 0.912. The third-order valence-electron chi connectivity index (χ3n) is 3.32. The number of thioether (sulfide) groups is 1. The van der Waals surface area contributed by atoms with Gasteiger partial charge in [0, 0.05) is 18.8 Å². The Labute approximate surface area is 111 Å². The fourth-order valence-corrected chi connectivity index (χ4v) is 3.54. The first-order valence-corrected chi connectivity index (χ1v) is 7.27. The van der Waals surface area contributed by atoms with Crippen LogP contribution in [0.4, 0.5) is 14.5 Å². The van der Waals surface area contributed by atoms with Crippen LogP contribution in [0.3, 0.4) is 0 Å². The van der Waals surface area contributed by atoms with Gasteiger partial charge in [-0.2, -0.15) is 11.8 Å². The Hall–Kier alpha value is -0.810. The van der Waals surface area contributed by atoms with E-state index in [0.717, 1.165) is 17.9 Å². The molecular weight excluding hydrogens is 254 g/mol. The van der Waals surface area contributed by atoms with Crippen LogP contribution in [-0.2, 0) is 6.42 Å². The third-order valence-corrected chi connectivity index (χ3v) is 4.46. The van der Waals surface area contributed by atoms with E-state index in [4.69, 9.17) is 5.73 Å². The van der Waals surface area contributed by atoms with E-state index in [2.05, 4.69) is 0 Å². The molecule has 2 rings (SSSR count). The molecule has 0 aromatic heterocycles. The summed E-state index contributed by atoms with van der Waals surface area (Å²) in [7, 11) is 1.76. The minimum absolute atomic E-state index is 0.0864. The van der Waals surface area contributed by atoms with Gasteiger partial charge >= 0.3 is 0 Å². The largest absolute Gasteiger partial charge is 0.366 e. The number of halogens is 2. The Morgan fingerprint density at radius 2 is 2.06 bits per heavy atom. The molecule has 0 saturated carbocycles. The van der Waals surface area contributed by atoms with Crippen LogP contribution in [0.15, 0.2) is 12.1 Å². The number of anilines is 1. The predicted octanol–water partition coefficient (Wildman–Crippen LogP) is 2.41. The molecule has 0 aliphatic carbocycles. The van der Waals surface area contributed by atoms with Crippen molar-refractivity contribution in [3.63, 3.8) is 0 Å². The molecule has 1 aromatic carbocycles.